The van der Waals surface area contributed by atoms with Gasteiger partial charge in [0.1, 0.15) is 0 Å². The van der Waals surface area contributed by atoms with E-state index >= 15 is 0 Å². The molecule has 1 aromatic rings. The number of hydrogen-bond acceptors (Lipinski definition) is 2. The van der Waals surface area contributed by atoms with Crippen molar-refractivity contribution < 1.29 is 5.11 Å². The zero-order valence-electron chi connectivity index (χ0n) is 12.6. The number of rotatable bonds is 7. The second-order valence-corrected chi connectivity index (χ2v) is 5.18. The molecular formula is C15H25ClIN3O. The molecule has 21 heavy (non-hydrogen) atoms. The minimum absolute atomic E-state index is 0. The second-order valence-electron chi connectivity index (χ2n) is 4.78. The van der Waals surface area contributed by atoms with Gasteiger partial charge in [-0.2, -0.15) is 0 Å². The highest BCUT2D eigenvalue weighted by Crippen LogP contribution is 2.14. The lowest BCUT2D eigenvalue weighted by molar-refractivity contribution is 0.241. The molecule has 0 aliphatic heterocycles. The molecule has 3 N–H and O–H groups in total. The van der Waals surface area contributed by atoms with Gasteiger partial charge in [0, 0.05) is 31.3 Å². The average Bonchev–Trinajstić information content (AvgIpc) is 2.46. The van der Waals surface area contributed by atoms with Crippen LogP contribution in [0.25, 0.3) is 0 Å². The fourth-order valence-electron chi connectivity index (χ4n) is 1.66. The van der Waals surface area contributed by atoms with Gasteiger partial charge in [-0.1, -0.05) is 36.7 Å². The molecule has 0 aliphatic rings. The van der Waals surface area contributed by atoms with Gasteiger partial charge < -0.3 is 15.7 Å². The monoisotopic (exact) mass is 425 g/mol. The molecule has 1 atom stereocenters. The van der Waals surface area contributed by atoms with Crippen molar-refractivity contribution in [1.82, 2.24) is 10.6 Å². The summed E-state index contributed by atoms with van der Waals surface area (Å²) in [6.45, 7) is 6.34. The predicted octanol–water partition coefficient (Wildman–Crippen LogP) is 2.68. The Morgan fingerprint density at radius 2 is 2.05 bits per heavy atom. The van der Waals surface area contributed by atoms with Crippen molar-refractivity contribution in [3.63, 3.8) is 0 Å². The number of benzene rings is 1. The smallest absolute Gasteiger partial charge is 0.191 e. The first kappa shape index (κ1) is 20.5. The molecule has 0 aliphatic carbocycles. The Morgan fingerprint density at radius 3 is 2.67 bits per heavy atom. The zero-order chi connectivity index (χ0) is 14.8. The normalized spacial score (nSPS) is 12.5. The standard InChI is InChI=1S/C15H24ClN3O.HI/c1-3-17-15(19-10-12(2)11-20)18-9-8-13-6-4-5-7-14(13)16;/h4-7,12,20H,3,8-11H2,1-2H3,(H2,17,18,19);1H. The molecule has 0 fully saturated rings. The molecule has 1 rings (SSSR count). The third-order valence-electron chi connectivity index (χ3n) is 2.86. The van der Waals surface area contributed by atoms with Crippen molar-refractivity contribution in [2.24, 2.45) is 10.9 Å². The number of halogens is 2. The molecule has 1 unspecified atom stereocenters. The molecule has 1 aromatic carbocycles. The lowest BCUT2D eigenvalue weighted by Gasteiger charge is -2.13. The molecule has 0 amide bonds. The maximum Gasteiger partial charge on any atom is 0.191 e. The highest BCUT2D eigenvalue weighted by atomic mass is 127. The van der Waals surface area contributed by atoms with Crippen LogP contribution >= 0.6 is 35.6 Å². The van der Waals surface area contributed by atoms with Crippen molar-refractivity contribution in [2.75, 3.05) is 26.2 Å². The number of nitrogens with zero attached hydrogens (tertiary/aromatic N) is 1. The van der Waals surface area contributed by atoms with Gasteiger partial charge in [-0.15, -0.1) is 24.0 Å². The number of hydrogen-bond donors (Lipinski definition) is 3. The summed E-state index contributed by atoms with van der Waals surface area (Å²) in [5.74, 6) is 0.953. The zero-order valence-corrected chi connectivity index (χ0v) is 15.7. The van der Waals surface area contributed by atoms with E-state index in [4.69, 9.17) is 16.7 Å². The van der Waals surface area contributed by atoms with Crippen LogP contribution in [0.1, 0.15) is 19.4 Å². The van der Waals surface area contributed by atoms with Crippen LogP contribution in [-0.2, 0) is 6.42 Å². The van der Waals surface area contributed by atoms with E-state index in [1.165, 1.54) is 0 Å². The molecule has 120 valence electrons. The minimum Gasteiger partial charge on any atom is -0.396 e. The first-order valence-corrected chi connectivity index (χ1v) is 7.41. The number of aliphatic hydroxyl groups is 1. The number of guanidine groups is 1. The van der Waals surface area contributed by atoms with E-state index in [2.05, 4.69) is 15.6 Å². The molecule has 0 spiro atoms. The van der Waals surface area contributed by atoms with Crippen LogP contribution in [0.3, 0.4) is 0 Å². The van der Waals surface area contributed by atoms with E-state index < -0.39 is 0 Å². The van der Waals surface area contributed by atoms with Gasteiger partial charge in [-0.25, -0.2) is 0 Å². The quantitative estimate of drug-likeness (QED) is 0.358. The van der Waals surface area contributed by atoms with Gasteiger partial charge in [-0.3, -0.25) is 4.99 Å². The Labute approximate surface area is 149 Å². The summed E-state index contributed by atoms with van der Waals surface area (Å²) in [7, 11) is 0. The van der Waals surface area contributed by atoms with Crippen molar-refractivity contribution >= 4 is 41.5 Å². The van der Waals surface area contributed by atoms with Crippen molar-refractivity contribution in [3.8, 4) is 0 Å². The SMILES string of the molecule is CCNC(=NCC(C)CO)NCCc1ccccc1Cl.I. The Balaban J connectivity index is 0.00000400. The third kappa shape index (κ3) is 8.48. The summed E-state index contributed by atoms with van der Waals surface area (Å²) in [5, 5.41) is 16.3. The van der Waals surface area contributed by atoms with Gasteiger partial charge in [0.15, 0.2) is 5.96 Å². The average molecular weight is 426 g/mol. The number of aliphatic hydroxyl groups excluding tert-OH is 1. The fraction of sp³-hybridized carbons (Fsp3) is 0.533. The van der Waals surface area contributed by atoms with Gasteiger partial charge in [0.25, 0.3) is 0 Å². The first-order valence-electron chi connectivity index (χ1n) is 7.03. The Bertz CT molecular complexity index is 429. The molecule has 0 radical (unpaired) electrons. The van der Waals surface area contributed by atoms with E-state index in [0.29, 0.717) is 6.54 Å². The summed E-state index contributed by atoms with van der Waals surface area (Å²) in [4.78, 5) is 4.44. The van der Waals surface area contributed by atoms with E-state index in [-0.39, 0.29) is 36.5 Å². The van der Waals surface area contributed by atoms with E-state index in [1.807, 2.05) is 38.1 Å². The fourth-order valence-corrected chi connectivity index (χ4v) is 1.89. The van der Waals surface area contributed by atoms with E-state index in [9.17, 15) is 0 Å². The van der Waals surface area contributed by atoms with Crippen LogP contribution in [0.4, 0.5) is 0 Å². The van der Waals surface area contributed by atoms with Gasteiger partial charge in [0.05, 0.1) is 0 Å². The van der Waals surface area contributed by atoms with Gasteiger partial charge in [0.2, 0.25) is 0 Å². The maximum absolute atomic E-state index is 9.01. The molecule has 0 bridgehead atoms. The van der Waals surface area contributed by atoms with Crippen molar-refractivity contribution in [2.45, 2.75) is 20.3 Å². The van der Waals surface area contributed by atoms with Crippen LogP contribution in [0, 0.1) is 5.92 Å². The third-order valence-corrected chi connectivity index (χ3v) is 3.23. The largest absolute Gasteiger partial charge is 0.396 e. The molecule has 4 nitrogen and oxygen atoms in total. The lowest BCUT2D eigenvalue weighted by Crippen LogP contribution is -2.38. The Morgan fingerprint density at radius 1 is 1.33 bits per heavy atom. The van der Waals surface area contributed by atoms with Crippen molar-refractivity contribution in [1.29, 1.82) is 0 Å². The van der Waals surface area contributed by atoms with Crippen LogP contribution in [0.2, 0.25) is 5.02 Å². The second kappa shape index (κ2) is 12.1. The number of aliphatic imine (C=N–C) groups is 1. The van der Waals surface area contributed by atoms with E-state index in [0.717, 1.165) is 36.1 Å². The molecular weight excluding hydrogens is 401 g/mol. The summed E-state index contributed by atoms with van der Waals surface area (Å²) < 4.78 is 0. The summed E-state index contributed by atoms with van der Waals surface area (Å²) in [5.41, 5.74) is 1.13. The predicted molar refractivity (Wildman–Crippen MR) is 101 cm³/mol. The molecule has 0 aromatic heterocycles. The molecule has 0 saturated heterocycles. The van der Waals surface area contributed by atoms with E-state index in [1.54, 1.807) is 0 Å². The molecule has 6 heteroatoms. The first-order chi connectivity index (χ1) is 9.67. The van der Waals surface area contributed by atoms with Gasteiger partial charge in [-0.05, 0) is 30.9 Å². The molecule has 0 heterocycles. The highest BCUT2D eigenvalue weighted by Gasteiger charge is 2.02. The number of nitrogens with one attached hydrogen (secondary N) is 2. The van der Waals surface area contributed by atoms with Crippen LogP contribution in [-0.4, -0.2) is 37.3 Å². The Kier molecular flexibility index (Phi) is 11.8. The minimum atomic E-state index is 0. The summed E-state index contributed by atoms with van der Waals surface area (Å²) >= 11 is 6.12. The van der Waals surface area contributed by atoms with Gasteiger partial charge >= 0.3 is 0 Å². The highest BCUT2D eigenvalue weighted by molar-refractivity contribution is 14.0. The topological polar surface area (TPSA) is 56.7 Å². The van der Waals surface area contributed by atoms with Crippen LogP contribution in [0.15, 0.2) is 29.3 Å². The Hall–Kier alpha value is -0.530. The van der Waals surface area contributed by atoms with Crippen LogP contribution < -0.4 is 10.6 Å². The van der Waals surface area contributed by atoms with Crippen LogP contribution in [0.5, 0.6) is 0 Å². The lowest BCUT2D eigenvalue weighted by atomic mass is 10.1. The maximum atomic E-state index is 9.01. The van der Waals surface area contributed by atoms with Crippen molar-refractivity contribution in [3.05, 3.63) is 34.9 Å². The summed E-state index contributed by atoms with van der Waals surface area (Å²) in [6.07, 6.45) is 0.847. The summed E-state index contributed by atoms with van der Waals surface area (Å²) in [6, 6.07) is 7.85. The molecule has 0 saturated carbocycles.